The first-order chi connectivity index (χ1) is 6.20. The predicted octanol–water partition coefficient (Wildman–Crippen LogP) is 3.05. The molecule has 0 heterocycles. The quantitative estimate of drug-likeness (QED) is 0.795. The van der Waals surface area contributed by atoms with Crippen molar-refractivity contribution in [2.75, 3.05) is 0 Å². The Bertz CT molecular complexity index is 279. The average Bonchev–Trinajstić information content (AvgIpc) is 2.85. The van der Waals surface area contributed by atoms with Gasteiger partial charge in [-0.1, -0.05) is 22.0 Å². The molecule has 1 N–H and O–H groups in total. The first kappa shape index (κ1) is 9.41. The summed E-state index contributed by atoms with van der Waals surface area (Å²) in [5.41, 5.74) is 0.494. The maximum atomic E-state index is 13.4. The van der Waals surface area contributed by atoms with Crippen molar-refractivity contribution in [3.8, 4) is 0 Å². The smallest absolute Gasteiger partial charge is 0.107 e. The molecule has 1 fully saturated rings. The fraction of sp³-hybridized carbons (Fsp3) is 0.600. The van der Waals surface area contributed by atoms with Crippen LogP contribution in [0.1, 0.15) is 25.7 Å². The SMILES string of the molecule is OC(C1=C(F)CCC=C1Br)C1CC1. The molecule has 2 aliphatic carbocycles. The maximum Gasteiger partial charge on any atom is 0.107 e. The molecule has 0 radical (unpaired) electrons. The van der Waals surface area contributed by atoms with E-state index < -0.39 is 6.10 Å². The number of hydrogen-bond donors (Lipinski definition) is 1. The molecule has 0 aliphatic heterocycles. The molecule has 0 saturated heterocycles. The highest BCUT2D eigenvalue weighted by Gasteiger charge is 2.35. The van der Waals surface area contributed by atoms with E-state index in [4.69, 9.17) is 0 Å². The first-order valence-electron chi connectivity index (χ1n) is 4.63. The summed E-state index contributed by atoms with van der Waals surface area (Å²) >= 11 is 3.30. The van der Waals surface area contributed by atoms with E-state index in [-0.39, 0.29) is 5.83 Å². The van der Waals surface area contributed by atoms with Crippen molar-refractivity contribution in [2.45, 2.75) is 31.8 Å². The van der Waals surface area contributed by atoms with Crippen LogP contribution in [-0.2, 0) is 0 Å². The van der Waals surface area contributed by atoms with Gasteiger partial charge in [0.1, 0.15) is 5.83 Å². The van der Waals surface area contributed by atoms with Gasteiger partial charge >= 0.3 is 0 Å². The highest BCUT2D eigenvalue weighted by atomic mass is 79.9. The summed E-state index contributed by atoms with van der Waals surface area (Å²) in [6.07, 6.45) is 4.56. The van der Waals surface area contributed by atoms with E-state index in [2.05, 4.69) is 15.9 Å². The highest BCUT2D eigenvalue weighted by Crippen LogP contribution is 2.42. The zero-order chi connectivity index (χ0) is 9.42. The Morgan fingerprint density at radius 2 is 2.23 bits per heavy atom. The summed E-state index contributed by atoms with van der Waals surface area (Å²) in [5, 5.41) is 9.79. The second kappa shape index (κ2) is 3.54. The van der Waals surface area contributed by atoms with Gasteiger partial charge in [-0.2, -0.15) is 0 Å². The third-order valence-corrected chi connectivity index (χ3v) is 3.35. The lowest BCUT2D eigenvalue weighted by Gasteiger charge is -2.18. The van der Waals surface area contributed by atoms with Gasteiger partial charge in [-0.3, -0.25) is 0 Å². The summed E-state index contributed by atoms with van der Waals surface area (Å²) in [4.78, 5) is 0. The summed E-state index contributed by atoms with van der Waals surface area (Å²) in [6.45, 7) is 0. The van der Waals surface area contributed by atoms with Gasteiger partial charge in [0.05, 0.1) is 6.10 Å². The molecule has 0 aromatic heterocycles. The van der Waals surface area contributed by atoms with E-state index in [0.717, 1.165) is 23.7 Å². The van der Waals surface area contributed by atoms with Gasteiger partial charge in [0, 0.05) is 16.5 Å². The third kappa shape index (κ3) is 1.86. The van der Waals surface area contributed by atoms with E-state index in [0.29, 0.717) is 17.9 Å². The summed E-state index contributed by atoms with van der Waals surface area (Å²) < 4.78 is 14.1. The second-order valence-electron chi connectivity index (χ2n) is 3.69. The van der Waals surface area contributed by atoms with Gasteiger partial charge in [0.15, 0.2) is 0 Å². The van der Waals surface area contributed by atoms with Crippen molar-refractivity contribution in [2.24, 2.45) is 5.92 Å². The van der Waals surface area contributed by atoms with E-state index in [9.17, 15) is 9.50 Å². The zero-order valence-corrected chi connectivity index (χ0v) is 8.85. The lowest BCUT2D eigenvalue weighted by molar-refractivity contribution is 0.186. The number of halogens is 2. The van der Waals surface area contributed by atoms with Crippen LogP contribution in [0.5, 0.6) is 0 Å². The standard InChI is InChI=1S/C10H12BrFO/c11-7-2-1-3-8(12)9(7)10(13)6-4-5-6/h2,6,10,13H,1,3-5H2. The van der Waals surface area contributed by atoms with Gasteiger partial charge in [-0.25, -0.2) is 4.39 Å². The van der Waals surface area contributed by atoms with E-state index in [1.165, 1.54) is 0 Å². The minimum Gasteiger partial charge on any atom is -0.388 e. The molecule has 0 bridgehead atoms. The normalized spacial score (nSPS) is 25.9. The van der Waals surface area contributed by atoms with Gasteiger partial charge in [-0.05, 0) is 25.2 Å². The molecule has 0 aromatic rings. The largest absolute Gasteiger partial charge is 0.388 e. The summed E-state index contributed by atoms with van der Waals surface area (Å²) in [7, 11) is 0. The Hall–Kier alpha value is -0.150. The van der Waals surface area contributed by atoms with Crippen LogP contribution in [0.4, 0.5) is 4.39 Å². The Balaban J connectivity index is 2.22. The molecule has 3 heteroatoms. The average molecular weight is 247 g/mol. The van der Waals surface area contributed by atoms with E-state index in [1.54, 1.807) is 0 Å². The number of rotatable bonds is 2. The van der Waals surface area contributed by atoms with Crippen LogP contribution >= 0.6 is 15.9 Å². The number of allylic oxidation sites excluding steroid dienone is 2. The van der Waals surface area contributed by atoms with Crippen molar-refractivity contribution >= 4 is 15.9 Å². The van der Waals surface area contributed by atoms with Crippen molar-refractivity contribution in [1.29, 1.82) is 0 Å². The molecule has 13 heavy (non-hydrogen) atoms. The van der Waals surface area contributed by atoms with Crippen molar-refractivity contribution in [3.63, 3.8) is 0 Å². The van der Waals surface area contributed by atoms with Gasteiger partial charge in [-0.15, -0.1) is 0 Å². The molecule has 1 nitrogen and oxygen atoms in total. The Morgan fingerprint density at radius 1 is 1.54 bits per heavy atom. The molecule has 1 unspecified atom stereocenters. The molecular weight excluding hydrogens is 235 g/mol. The lowest BCUT2D eigenvalue weighted by atomic mass is 9.98. The topological polar surface area (TPSA) is 20.2 Å². The molecular formula is C10H12BrFO. The minimum absolute atomic E-state index is 0.145. The zero-order valence-electron chi connectivity index (χ0n) is 7.26. The van der Waals surface area contributed by atoms with Crippen LogP contribution in [0, 0.1) is 5.92 Å². The predicted molar refractivity (Wildman–Crippen MR) is 53.1 cm³/mol. The summed E-state index contributed by atoms with van der Waals surface area (Å²) in [6, 6.07) is 0. The fourth-order valence-corrected chi connectivity index (χ4v) is 2.33. The van der Waals surface area contributed by atoms with Gasteiger partial charge in [0.25, 0.3) is 0 Å². The Morgan fingerprint density at radius 3 is 2.77 bits per heavy atom. The lowest BCUT2D eigenvalue weighted by Crippen LogP contribution is -2.16. The Kier molecular flexibility index (Phi) is 2.56. The van der Waals surface area contributed by atoms with E-state index >= 15 is 0 Å². The van der Waals surface area contributed by atoms with Crippen LogP contribution in [0.2, 0.25) is 0 Å². The Labute approximate surface area is 85.5 Å². The molecule has 0 amide bonds. The maximum absolute atomic E-state index is 13.4. The fourth-order valence-electron chi connectivity index (χ4n) is 1.65. The molecule has 2 aliphatic rings. The van der Waals surface area contributed by atoms with Crippen LogP contribution in [0.3, 0.4) is 0 Å². The third-order valence-electron chi connectivity index (χ3n) is 2.60. The number of aliphatic hydroxyl groups excluding tert-OH is 1. The second-order valence-corrected chi connectivity index (χ2v) is 4.55. The van der Waals surface area contributed by atoms with Crippen LogP contribution < -0.4 is 0 Å². The molecule has 2 rings (SSSR count). The van der Waals surface area contributed by atoms with Gasteiger partial charge in [0.2, 0.25) is 0 Å². The first-order valence-corrected chi connectivity index (χ1v) is 5.42. The monoisotopic (exact) mass is 246 g/mol. The van der Waals surface area contributed by atoms with Crippen LogP contribution in [0.15, 0.2) is 22.0 Å². The molecule has 1 atom stereocenters. The van der Waals surface area contributed by atoms with Gasteiger partial charge < -0.3 is 5.11 Å². The molecule has 0 spiro atoms. The van der Waals surface area contributed by atoms with Crippen molar-refractivity contribution in [1.82, 2.24) is 0 Å². The number of hydrogen-bond acceptors (Lipinski definition) is 1. The highest BCUT2D eigenvalue weighted by molar-refractivity contribution is 9.12. The molecule has 0 aromatic carbocycles. The van der Waals surface area contributed by atoms with Crippen molar-refractivity contribution < 1.29 is 9.50 Å². The molecule has 72 valence electrons. The van der Waals surface area contributed by atoms with Crippen molar-refractivity contribution in [3.05, 3.63) is 22.0 Å². The van der Waals surface area contributed by atoms with Crippen LogP contribution in [-0.4, -0.2) is 11.2 Å². The minimum atomic E-state index is -0.592. The molecule has 1 saturated carbocycles. The van der Waals surface area contributed by atoms with Crippen LogP contribution in [0.25, 0.3) is 0 Å². The summed E-state index contributed by atoms with van der Waals surface area (Å²) in [5.74, 6) is 0.147. The number of aliphatic hydroxyl groups is 1. The van der Waals surface area contributed by atoms with E-state index in [1.807, 2.05) is 6.08 Å².